The Balaban J connectivity index is 2.64. The quantitative estimate of drug-likeness (QED) is 0.857. The van der Waals surface area contributed by atoms with Crippen LogP contribution in [-0.2, 0) is 0 Å². The van der Waals surface area contributed by atoms with E-state index in [1.54, 1.807) is 0 Å². The second-order valence-electron chi connectivity index (χ2n) is 3.58. The van der Waals surface area contributed by atoms with E-state index in [4.69, 9.17) is 5.11 Å². The largest absolute Gasteiger partial charge is 0.478 e. The first-order chi connectivity index (χ1) is 8.47. The van der Waals surface area contributed by atoms with Gasteiger partial charge in [0.1, 0.15) is 11.6 Å². The van der Waals surface area contributed by atoms with Gasteiger partial charge in [0.15, 0.2) is 0 Å². The Kier molecular flexibility index (Phi) is 2.93. The van der Waals surface area contributed by atoms with Crippen LogP contribution in [0.5, 0.6) is 0 Å². The van der Waals surface area contributed by atoms with Gasteiger partial charge in [0.25, 0.3) is 0 Å². The average Bonchev–Trinajstić information content (AvgIpc) is 2.27. The zero-order valence-electron chi connectivity index (χ0n) is 8.91. The summed E-state index contributed by atoms with van der Waals surface area (Å²) in [5, 5.41) is 8.79. The molecule has 0 fully saturated rings. The minimum Gasteiger partial charge on any atom is -0.478 e. The SMILES string of the molecule is O=C(O)c1cc(-c2ccc(F)cc2F)[nH]c(=O)c1. The molecule has 0 amide bonds. The smallest absolute Gasteiger partial charge is 0.335 e. The molecule has 0 bridgehead atoms. The Morgan fingerprint density at radius 3 is 2.50 bits per heavy atom. The van der Waals surface area contributed by atoms with Crippen molar-refractivity contribution in [2.75, 3.05) is 0 Å². The van der Waals surface area contributed by atoms with Gasteiger partial charge in [-0.2, -0.15) is 0 Å². The molecule has 2 aromatic rings. The third kappa shape index (κ3) is 2.27. The number of carbonyl (C=O) groups is 1. The lowest BCUT2D eigenvalue weighted by atomic mass is 10.1. The topological polar surface area (TPSA) is 70.2 Å². The summed E-state index contributed by atoms with van der Waals surface area (Å²) >= 11 is 0. The molecule has 0 aliphatic carbocycles. The lowest BCUT2D eigenvalue weighted by molar-refractivity contribution is 0.0696. The number of carboxylic acid groups (broad SMARTS) is 1. The molecule has 6 heteroatoms. The number of pyridine rings is 1. The van der Waals surface area contributed by atoms with Crippen molar-refractivity contribution in [3.05, 3.63) is 57.9 Å². The van der Waals surface area contributed by atoms with Gasteiger partial charge in [-0.05, 0) is 18.2 Å². The first kappa shape index (κ1) is 12.0. The second-order valence-corrected chi connectivity index (χ2v) is 3.58. The van der Waals surface area contributed by atoms with E-state index in [1.165, 1.54) is 0 Å². The fourth-order valence-corrected chi connectivity index (χ4v) is 1.52. The van der Waals surface area contributed by atoms with Crippen LogP contribution in [-0.4, -0.2) is 16.1 Å². The van der Waals surface area contributed by atoms with Crippen LogP contribution in [0.2, 0.25) is 0 Å². The van der Waals surface area contributed by atoms with Crippen LogP contribution >= 0.6 is 0 Å². The highest BCUT2D eigenvalue weighted by Crippen LogP contribution is 2.21. The van der Waals surface area contributed by atoms with E-state index in [9.17, 15) is 18.4 Å². The van der Waals surface area contributed by atoms with E-state index in [2.05, 4.69) is 4.98 Å². The molecule has 0 saturated carbocycles. The van der Waals surface area contributed by atoms with Gasteiger partial charge in [-0.3, -0.25) is 4.79 Å². The van der Waals surface area contributed by atoms with E-state index in [0.29, 0.717) is 6.07 Å². The molecule has 0 atom stereocenters. The summed E-state index contributed by atoms with van der Waals surface area (Å²) in [6.07, 6.45) is 0. The van der Waals surface area contributed by atoms with Crippen LogP contribution in [0.25, 0.3) is 11.3 Å². The third-order valence-electron chi connectivity index (χ3n) is 2.31. The molecule has 0 aliphatic heterocycles. The number of carboxylic acids is 1. The Morgan fingerprint density at radius 2 is 1.89 bits per heavy atom. The molecule has 0 spiro atoms. The van der Waals surface area contributed by atoms with Crippen molar-refractivity contribution in [1.29, 1.82) is 0 Å². The fourth-order valence-electron chi connectivity index (χ4n) is 1.52. The number of hydrogen-bond donors (Lipinski definition) is 2. The maximum absolute atomic E-state index is 13.5. The summed E-state index contributed by atoms with van der Waals surface area (Å²) in [6.45, 7) is 0. The Labute approximate surface area is 99.5 Å². The number of aromatic carboxylic acids is 1. The lowest BCUT2D eigenvalue weighted by Crippen LogP contribution is -2.10. The summed E-state index contributed by atoms with van der Waals surface area (Å²) in [6, 6.07) is 4.79. The summed E-state index contributed by atoms with van der Waals surface area (Å²) in [5.74, 6) is -2.94. The molecular formula is C12H7F2NO3. The molecule has 1 aromatic heterocycles. The van der Waals surface area contributed by atoms with E-state index in [1.807, 2.05) is 0 Å². The molecule has 2 N–H and O–H groups in total. The predicted molar refractivity (Wildman–Crippen MR) is 59.4 cm³/mol. The monoisotopic (exact) mass is 251 g/mol. The van der Waals surface area contributed by atoms with Crippen molar-refractivity contribution < 1.29 is 18.7 Å². The number of nitrogens with one attached hydrogen (secondary N) is 1. The minimum absolute atomic E-state index is 0.0163. The predicted octanol–water partition coefficient (Wildman–Crippen LogP) is 2.02. The molecule has 4 nitrogen and oxygen atoms in total. The van der Waals surface area contributed by atoms with Gasteiger partial charge in [-0.15, -0.1) is 0 Å². The average molecular weight is 251 g/mol. The Morgan fingerprint density at radius 1 is 1.17 bits per heavy atom. The number of aromatic nitrogens is 1. The number of halogens is 2. The first-order valence-corrected chi connectivity index (χ1v) is 4.90. The van der Waals surface area contributed by atoms with E-state index in [0.717, 1.165) is 24.3 Å². The molecular weight excluding hydrogens is 244 g/mol. The zero-order valence-corrected chi connectivity index (χ0v) is 8.91. The number of benzene rings is 1. The first-order valence-electron chi connectivity index (χ1n) is 4.90. The van der Waals surface area contributed by atoms with Crippen molar-refractivity contribution in [3.8, 4) is 11.3 Å². The number of hydrogen-bond acceptors (Lipinski definition) is 2. The number of aromatic amines is 1. The molecule has 2 rings (SSSR count). The van der Waals surface area contributed by atoms with E-state index in [-0.39, 0.29) is 16.8 Å². The van der Waals surface area contributed by atoms with Gasteiger partial charge < -0.3 is 10.1 Å². The zero-order chi connectivity index (χ0) is 13.3. The Hall–Kier alpha value is -2.50. The van der Waals surface area contributed by atoms with Crippen molar-refractivity contribution in [1.82, 2.24) is 4.98 Å². The number of rotatable bonds is 2. The molecule has 0 radical (unpaired) electrons. The molecule has 0 unspecified atom stereocenters. The van der Waals surface area contributed by atoms with Gasteiger partial charge in [-0.1, -0.05) is 0 Å². The highest BCUT2D eigenvalue weighted by molar-refractivity contribution is 5.88. The molecule has 0 aliphatic rings. The third-order valence-corrected chi connectivity index (χ3v) is 2.31. The van der Waals surface area contributed by atoms with Gasteiger partial charge in [0, 0.05) is 17.7 Å². The van der Waals surface area contributed by atoms with Crippen molar-refractivity contribution in [2.45, 2.75) is 0 Å². The normalized spacial score (nSPS) is 10.3. The van der Waals surface area contributed by atoms with Crippen LogP contribution in [0.15, 0.2) is 35.1 Å². The Bertz CT molecular complexity index is 679. The van der Waals surface area contributed by atoms with Crippen LogP contribution in [0.3, 0.4) is 0 Å². The molecule has 1 aromatic carbocycles. The summed E-state index contributed by atoms with van der Waals surface area (Å²) in [4.78, 5) is 24.3. The summed E-state index contributed by atoms with van der Waals surface area (Å²) in [5.41, 5.74) is -1.03. The van der Waals surface area contributed by atoms with Crippen LogP contribution in [0, 0.1) is 11.6 Å². The standard InChI is InChI=1S/C12H7F2NO3/c13-7-1-2-8(9(14)5-7)10-3-6(12(17)18)4-11(16)15-10/h1-5H,(H,15,16)(H,17,18). The maximum atomic E-state index is 13.5. The van der Waals surface area contributed by atoms with E-state index < -0.39 is 23.2 Å². The van der Waals surface area contributed by atoms with Crippen LogP contribution in [0.1, 0.15) is 10.4 Å². The summed E-state index contributed by atoms with van der Waals surface area (Å²) in [7, 11) is 0. The van der Waals surface area contributed by atoms with Crippen molar-refractivity contribution in [2.24, 2.45) is 0 Å². The molecule has 18 heavy (non-hydrogen) atoms. The lowest BCUT2D eigenvalue weighted by Gasteiger charge is -2.04. The van der Waals surface area contributed by atoms with E-state index >= 15 is 0 Å². The van der Waals surface area contributed by atoms with Crippen LogP contribution in [0.4, 0.5) is 8.78 Å². The minimum atomic E-state index is -1.30. The van der Waals surface area contributed by atoms with Gasteiger partial charge in [0.2, 0.25) is 5.56 Å². The molecule has 1 heterocycles. The molecule has 92 valence electrons. The fraction of sp³-hybridized carbons (Fsp3) is 0. The van der Waals surface area contributed by atoms with Crippen LogP contribution < -0.4 is 5.56 Å². The van der Waals surface area contributed by atoms with Crippen molar-refractivity contribution in [3.63, 3.8) is 0 Å². The van der Waals surface area contributed by atoms with Gasteiger partial charge in [-0.25, -0.2) is 13.6 Å². The highest BCUT2D eigenvalue weighted by Gasteiger charge is 2.11. The van der Waals surface area contributed by atoms with Gasteiger partial charge in [0.05, 0.1) is 11.3 Å². The maximum Gasteiger partial charge on any atom is 0.335 e. The van der Waals surface area contributed by atoms with Gasteiger partial charge >= 0.3 is 5.97 Å². The van der Waals surface area contributed by atoms with Crippen molar-refractivity contribution >= 4 is 5.97 Å². The number of H-pyrrole nitrogens is 1. The highest BCUT2D eigenvalue weighted by atomic mass is 19.1. The molecule has 0 saturated heterocycles. The second kappa shape index (κ2) is 4.40. The summed E-state index contributed by atoms with van der Waals surface area (Å²) < 4.78 is 26.2.